The van der Waals surface area contributed by atoms with Crippen LogP contribution in [-0.2, 0) is 10.2 Å². The van der Waals surface area contributed by atoms with Crippen molar-refractivity contribution in [3.63, 3.8) is 0 Å². The quantitative estimate of drug-likeness (QED) is 0.371. The number of hydrogen-bond donors (Lipinski definition) is 0. The summed E-state index contributed by atoms with van der Waals surface area (Å²) in [5, 5.41) is 0. The minimum Gasteiger partial charge on any atom is -0.493 e. The molecule has 0 spiro atoms. The average molecular weight is 547 g/mol. The van der Waals surface area contributed by atoms with Crippen molar-refractivity contribution in [1.82, 2.24) is 4.90 Å². The minimum absolute atomic E-state index is 0.0289. The molecule has 1 aliphatic carbocycles. The number of esters is 1. The Morgan fingerprint density at radius 2 is 1.75 bits per heavy atom. The van der Waals surface area contributed by atoms with Crippen LogP contribution in [0.3, 0.4) is 0 Å². The molecule has 1 aliphatic heterocycles. The summed E-state index contributed by atoms with van der Waals surface area (Å²) in [5.74, 6) is 1.99. The van der Waals surface area contributed by atoms with Gasteiger partial charge in [0.05, 0.1) is 19.8 Å². The Kier molecular flexibility index (Phi) is 6.54. The van der Waals surface area contributed by atoms with E-state index in [1.54, 1.807) is 14.2 Å². The van der Waals surface area contributed by atoms with Gasteiger partial charge in [-0.3, -0.25) is 4.90 Å². The van der Waals surface area contributed by atoms with Gasteiger partial charge in [0.15, 0.2) is 11.5 Å². The van der Waals surface area contributed by atoms with Crippen molar-refractivity contribution in [3.05, 3.63) is 68.0 Å². The highest BCUT2D eigenvalue weighted by Gasteiger charge is 2.48. The van der Waals surface area contributed by atoms with Crippen molar-refractivity contribution in [3.8, 4) is 11.5 Å². The number of hydrogen-bond acceptors (Lipinski definition) is 5. The number of methoxy groups -OCH3 is 2. The summed E-state index contributed by atoms with van der Waals surface area (Å²) >= 11 is 2.28. The van der Waals surface area contributed by atoms with E-state index in [4.69, 9.17) is 14.2 Å². The molecule has 2 aromatic carbocycles. The van der Waals surface area contributed by atoms with Crippen LogP contribution in [0.2, 0.25) is 0 Å². The summed E-state index contributed by atoms with van der Waals surface area (Å²) in [6.07, 6.45) is 4.85. The maximum Gasteiger partial charge on any atom is 0.343 e. The molecule has 0 bridgehead atoms. The number of likely N-dealkylation sites (N-methyl/N-ethyl adjacent to an activating group) is 1. The first-order chi connectivity index (χ1) is 15.3. The molecule has 2 aliphatic rings. The average Bonchev–Trinajstić information content (AvgIpc) is 3.09. The lowest BCUT2D eigenvalue weighted by Crippen LogP contribution is -2.42. The lowest BCUT2D eigenvalue weighted by molar-refractivity contribution is 0.0591. The molecule has 0 amide bonds. The normalized spacial score (nSPS) is 22.8. The molecule has 1 heterocycles. The Hall–Kier alpha value is -2.06. The van der Waals surface area contributed by atoms with E-state index in [1.807, 2.05) is 32.0 Å². The number of rotatable bonds is 5. The maximum atomic E-state index is 13.0. The van der Waals surface area contributed by atoms with Gasteiger partial charge in [-0.2, -0.15) is 0 Å². The Morgan fingerprint density at radius 1 is 1.06 bits per heavy atom. The first-order valence-electron chi connectivity index (χ1n) is 10.9. The third kappa shape index (κ3) is 4.03. The Labute approximate surface area is 203 Å². The predicted molar refractivity (Wildman–Crippen MR) is 134 cm³/mol. The summed E-state index contributed by atoms with van der Waals surface area (Å²) in [6, 6.07) is 10.4. The predicted octanol–water partition coefficient (Wildman–Crippen LogP) is 5.40. The molecule has 0 saturated carbocycles. The Bertz CT molecular complexity index is 1060. The number of allylic oxidation sites excluding steroid dienone is 1. The number of aryl methyl sites for hydroxylation is 2. The van der Waals surface area contributed by atoms with Crippen molar-refractivity contribution >= 4 is 28.6 Å². The monoisotopic (exact) mass is 547 g/mol. The summed E-state index contributed by atoms with van der Waals surface area (Å²) in [7, 11) is 5.47. The van der Waals surface area contributed by atoms with Crippen LogP contribution in [0.25, 0.3) is 0 Å². The molecule has 170 valence electrons. The van der Waals surface area contributed by atoms with E-state index in [2.05, 4.69) is 52.7 Å². The first kappa shape index (κ1) is 23.1. The molecule has 0 radical (unpaired) electrons. The van der Waals surface area contributed by atoms with E-state index in [0.717, 1.165) is 57.8 Å². The van der Waals surface area contributed by atoms with Crippen molar-refractivity contribution in [1.29, 1.82) is 0 Å². The van der Waals surface area contributed by atoms with Gasteiger partial charge >= 0.3 is 5.97 Å². The second kappa shape index (κ2) is 9.06. The molecule has 0 N–H and O–H groups in total. The second-order valence-corrected chi connectivity index (χ2v) is 10.1. The van der Waals surface area contributed by atoms with Crippen LogP contribution in [0.1, 0.15) is 46.3 Å². The zero-order valence-electron chi connectivity index (χ0n) is 19.3. The molecule has 5 nitrogen and oxygen atoms in total. The molecular weight excluding hydrogens is 517 g/mol. The minimum atomic E-state index is -0.262. The Morgan fingerprint density at radius 3 is 2.41 bits per heavy atom. The number of likely N-dealkylation sites (tertiary alicyclic amines) is 1. The maximum absolute atomic E-state index is 13.0. The van der Waals surface area contributed by atoms with Crippen LogP contribution in [0.5, 0.6) is 11.5 Å². The lowest BCUT2D eigenvalue weighted by Gasteiger charge is -2.40. The van der Waals surface area contributed by atoms with Gasteiger partial charge in [0, 0.05) is 21.4 Å². The third-order valence-corrected chi connectivity index (χ3v) is 7.62. The van der Waals surface area contributed by atoms with E-state index in [0.29, 0.717) is 5.56 Å². The van der Waals surface area contributed by atoms with Crippen LogP contribution in [0.4, 0.5) is 0 Å². The standard InChI is InChI=1S/C26H30INO4/c1-16-12-19(27)13-17(2)24(16)25(29)32-20-8-9-26(10-11-28(3)23(26)15-20)18-6-7-21(30-4)22(14-18)31-5/h6-7,12-15,23H,8-11H2,1-5H3. The number of fused-ring (bicyclic) bond motifs is 1. The van der Waals surface area contributed by atoms with Crippen molar-refractivity contribution < 1.29 is 19.0 Å². The number of ether oxygens (including phenoxy) is 3. The van der Waals surface area contributed by atoms with E-state index in [-0.39, 0.29) is 17.4 Å². The fourth-order valence-corrected chi connectivity index (χ4v) is 6.28. The smallest absolute Gasteiger partial charge is 0.343 e. The summed E-state index contributed by atoms with van der Waals surface area (Å²) in [6.45, 7) is 4.92. The zero-order chi connectivity index (χ0) is 23.0. The summed E-state index contributed by atoms with van der Waals surface area (Å²) in [5.41, 5.74) is 3.79. The molecule has 0 aromatic heterocycles. The molecule has 1 saturated heterocycles. The molecule has 32 heavy (non-hydrogen) atoms. The highest BCUT2D eigenvalue weighted by molar-refractivity contribution is 14.1. The molecule has 1 fully saturated rings. The van der Waals surface area contributed by atoms with Crippen LogP contribution in [-0.4, -0.2) is 44.7 Å². The molecular formula is C26H30INO4. The van der Waals surface area contributed by atoms with Crippen molar-refractivity contribution in [2.45, 2.75) is 44.6 Å². The number of carbonyl (C=O) groups excluding carboxylic acids is 1. The van der Waals surface area contributed by atoms with Crippen LogP contribution >= 0.6 is 22.6 Å². The number of halogens is 1. The van der Waals surface area contributed by atoms with Gasteiger partial charge < -0.3 is 14.2 Å². The van der Waals surface area contributed by atoms with Crippen LogP contribution < -0.4 is 9.47 Å². The fourth-order valence-electron chi connectivity index (χ4n) is 5.34. The first-order valence-corrected chi connectivity index (χ1v) is 12.0. The topological polar surface area (TPSA) is 48.0 Å². The Balaban J connectivity index is 1.63. The molecule has 2 unspecified atom stereocenters. The van der Waals surface area contributed by atoms with Gasteiger partial charge in [-0.25, -0.2) is 4.79 Å². The van der Waals surface area contributed by atoms with Gasteiger partial charge in [0.2, 0.25) is 0 Å². The van der Waals surface area contributed by atoms with E-state index >= 15 is 0 Å². The highest BCUT2D eigenvalue weighted by Crippen LogP contribution is 2.49. The largest absolute Gasteiger partial charge is 0.493 e. The summed E-state index contributed by atoms with van der Waals surface area (Å²) < 4.78 is 18.1. The zero-order valence-corrected chi connectivity index (χ0v) is 21.5. The molecule has 2 atom stereocenters. The van der Waals surface area contributed by atoms with Crippen LogP contribution in [0.15, 0.2) is 42.2 Å². The van der Waals surface area contributed by atoms with Crippen molar-refractivity contribution in [2.24, 2.45) is 0 Å². The molecule has 6 heteroatoms. The summed E-state index contributed by atoms with van der Waals surface area (Å²) in [4.78, 5) is 15.4. The highest BCUT2D eigenvalue weighted by atomic mass is 127. The van der Waals surface area contributed by atoms with E-state index in [9.17, 15) is 4.79 Å². The molecule has 4 rings (SSSR count). The number of benzene rings is 2. The molecule has 2 aromatic rings. The van der Waals surface area contributed by atoms with E-state index < -0.39 is 0 Å². The fraction of sp³-hybridized carbons (Fsp3) is 0.423. The third-order valence-electron chi connectivity index (χ3n) is 7.00. The van der Waals surface area contributed by atoms with Gasteiger partial charge in [-0.15, -0.1) is 0 Å². The van der Waals surface area contributed by atoms with Crippen LogP contribution in [0, 0.1) is 17.4 Å². The number of nitrogens with zero attached hydrogens (tertiary/aromatic N) is 1. The van der Waals surface area contributed by atoms with Gasteiger partial charge in [0.25, 0.3) is 0 Å². The van der Waals surface area contributed by atoms with Crippen molar-refractivity contribution in [2.75, 3.05) is 27.8 Å². The van der Waals surface area contributed by atoms with Gasteiger partial charge in [0.1, 0.15) is 5.76 Å². The van der Waals surface area contributed by atoms with E-state index in [1.165, 1.54) is 5.56 Å². The lowest BCUT2D eigenvalue weighted by atomic mass is 9.68. The SMILES string of the molecule is COc1ccc(C23CCC(OC(=O)c4c(C)cc(I)cc4C)=CC2N(C)CC3)cc1OC. The van der Waals surface area contributed by atoms with Gasteiger partial charge in [-0.1, -0.05) is 6.07 Å². The van der Waals surface area contributed by atoms with Gasteiger partial charge in [-0.05, 0) is 110 Å². The second-order valence-electron chi connectivity index (χ2n) is 8.84. The number of carbonyl (C=O) groups is 1.